The number of aromatic nitrogens is 2. The average molecular weight is 376 g/mol. The van der Waals surface area contributed by atoms with Gasteiger partial charge < -0.3 is 9.47 Å². The van der Waals surface area contributed by atoms with Gasteiger partial charge in [-0.25, -0.2) is 13.4 Å². The van der Waals surface area contributed by atoms with E-state index in [4.69, 9.17) is 0 Å². The Kier molecular flexibility index (Phi) is 5.73. The van der Waals surface area contributed by atoms with Crippen LogP contribution in [0.15, 0.2) is 47.9 Å². The average Bonchev–Trinajstić information content (AvgIpc) is 2.93. The van der Waals surface area contributed by atoms with Gasteiger partial charge in [0.15, 0.2) is 5.03 Å². The first-order valence-electron chi connectivity index (χ1n) is 8.76. The van der Waals surface area contributed by atoms with Gasteiger partial charge in [-0.05, 0) is 18.4 Å². The Labute approximate surface area is 154 Å². The molecular weight excluding hydrogens is 352 g/mol. The molecule has 7 nitrogen and oxygen atoms in total. The Morgan fingerprint density at radius 3 is 2.58 bits per heavy atom. The highest BCUT2D eigenvalue weighted by atomic mass is 32.2. The van der Waals surface area contributed by atoms with Gasteiger partial charge in [0.1, 0.15) is 0 Å². The van der Waals surface area contributed by atoms with E-state index in [2.05, 4.69) is 4.98 Å². The molecule has 1 aliphatic heterocycles. The highest BCUT2D eigenvalue weighted by Gasteiger charge is 2.29. The Morgan fingerprint density at radius 1 is 1.12 bits per heavy atom. The quantitative estimate of drug-likeness (QED) is 0.788. The van der Waals surface area contributed by atoms with Crippen molar-refractivity contribution in [1.29, 1.82) is 0 Å². The van der Waals surface area contributed by atoms with E-state index in [0.29, 0.717) is 45.4 Å². The topological polar surface area (TPSA) is 75.5 Å². The van der Waals surface area contributed by atoms with E-state index in [-0.39, 0.29) is 10.9 Å². The van der Waals surface area contributed by atoms with Crippen molar-refractivity contribution in [2.24, 2.45) is 7.05 Å². The first kappa shape index (κ1) is 18.6. The van der Waals surface area contributed by atoms with Crippen LogP contribution in [0.25, 0.3) is 0 Å². The maximum absolute atomic E-state index is 12.7. The standard InChI is InChI=1S/C18H24N4O3S/c1-20-14-17(19-15-20)26(24,25)22-11-5-10-21(12-13-22)18(23)9-8-16-6-3-2-4-7-16/h2-4,6-7,14-15H,5,8-13H2,1H3. The predicted octanol–water partition coefficient (Wildman–Crippen LogP) is 1.28. The fraction of sp³-hybridized carbons (Fsp3) is 0.444. The lowest BCUT2D eigenvalue weighted by molar-refractivity contribution is -0.131. The monoisotopic (exact) mass is 376 g/mol. The van der Waals surface area contributed by atoms with Gasteiger partial charge >= 0.3 is 0 Å². The summed E-state index contributed by atoms with van der Waals surface area (Å²) in [6.45, 7) is 1.71. The molecule has 0 aliphatic carbocycles. The number of nitrogens with zero attached hydrogens (tertiary/aromatic N) is 4. The molecule has 0 saturated carbocycles. The molecule has 0 atom stereocenters. The lowest BCUT2D eigenvalue weighted by Gasteiger charge is -2.21. The van der Waals surface area contributed by atoms with Crippen molar-refractivity contribution in [3.05, 3.63) is 48.4 Å². The van der Waals surface area contributed by atoms with Crippen molar-refractivity contribution in [3.63, 3.8) is 0 Å². The highest BCUT2D eigenvalue weighted by Crippen LogP contribution is 2.16. The minimum Gasteiger partial charge on any atom is -0.341 e. The summed E-state index contributed by atoms with van der Waals surface area (Å²) >= 11 is 0. The molecule has 2 heterocycles. The summed E-state index contributed by atoms with van der Waals surface area (Å²) in [4.78, 5) is 18.2. The zero-order valence-corrected chi connectivity index (χ0v) is 15.7. The van der Waals surface area contributed by atoms with Crippen LogP contribution >= 0.6 is 0 Å². The smallest absolute Gasteiger partial charge is 0.262 e. The summed E-state index contributed by atoms with van der Waals surface area (Å²) in [7, 11) is -1.87. The van der Waals surface area contributed by atoms with Crippen molar-refractivity contribution < 1.29 is 13.2 Å². The first-order chi connectivity index (χ1) is 12.5. The fourth-order valence-corrected chi connectivity index (χ4v) is 4.53. The van der Waals surface area contributed by atoms with Crippen LogP contribution in [0.2, 0.25) is 0 Å². The molecule has 1 amide bonds. The van der Waals surface area contributed by atoms with Gasteiger partial charge in [-0.1, -0.05) is 30.3 Å². The third-order valence-electron chi connectivity index (χ3n) is 4.56. The number of hydrogen-bond donors (Lipinski definition) is 0. The molecule has 2 aromatic rings. The van der Waals surface area contributed by atoms with E-state index in [9.17, 15) is 13.2 Å². The normalized spacial score (nSPS) is 16.4. The minimum atomic E-state index is -3.61. The number of carbonyl (C=O) groups excluding carboxylic acids is 1. The van der Waals surface area contributed by atoms with Crippen LogP contribution in [0.5, 0.6) is 0 Å². The van der Waals surface area contributed by atoms with Crippen LogP contribution < -0.4 is 0 Å². The van der Waals surface area contributed by atoms with Crippen molar-refractivity contribution in [2.45, 2.75) is 24.3 Å². The molecule has 140 valence electrons. The summed E-state index contributed by atoms with van der Waals surface area (Å²) in [5, 5.41) is 0.0591. The van der Waals surface area contributed by atoms with Gasteiger partial charge in [0, 0.05) is 45.8 Å². The minimum absolute atomic E-state index is 0.0591. The molecule has 1 fully saturated rings. The summed E-state index contributed by atoms with van der Waals surface area (Å²) in [6.07, 6.45) is 4.75. The molecule has 1 aromatic carbocycles. The van der Waals surface area contributed by atoms with E-state index in [1.807, 2.05) is 30.3 Å². The Bertz CT molecular complexity index is 848. The molecule has 0 bridgehead atoms. The number of rotatable bonds is 5. The first-order valence-corrected chi connectivity index (χ1v) is 10.2. The van der Waals surface area contributed by atoms with Crippen molar-refractivity contribution in [3.8, 4) is 0 Å². The number of carbonyl (C=O) groups is 1. The second-order valence-corrected chi connectivity index (χ2v) is 8.39. The van der Waals surface area contributed by atoms with Gasteiger partial charge in [0.2, 0.25) is 5.91 Å². The third-order valence-corrected chi connectivity index (χ3v) is 6.35. The predicted molar refractivity (Wildman–Crippen MR) is 97.9 cm³/mol. The Balaban J connectivity index is 1.58. The van der Waals surface area contributed by atoms with E-state index in [1.54, 1.807) is 16.5 Å². The maximum atomic E-state index is 12.7. The van der Waals surface area contributed by atoms with Crippen LogP contribution in [0.3, 0.4) is 0 Å². The van der Waals surface area contributed by atoms with Crippen LogP contribution in [0.1, 0.15) is 18.4 Å². The largest absolute Gasteiger partial charge is 0.341 e. The van der Waals surface area contributed by atoms with Gasteiger partial charge in [0.25, 0.3) is 10.0 Å². The van der Waals surface area contributed by atoms with Gasteiger partial charge in [-0.2, -0.15) is 4.31 Å². The second kappa shape index (κ2) is 8.01. The second-order valence-electron chi connectivity index (χ2n) is 6.50. The molecule has 26 heavy (non-hydrogen) atoms. The SMILES string of the molecule is Cn1cnc(S(=O)(=O)N2CCCN(C(=O)CCc3ccccc3)CC2)c1. The van der Waals surface area contributed by atoms with Crippen LogP contribution in [0, 0.1) is 0 Å². The fourth-order valence-electron chi connectivity index (χ4n) is 3.09. The van der Waals surface area contributed by atoms with E-state index >= 15 is 0 Å². The number of benzene rings is 1. The number of sulfonamides is 1. The molecule has 0 N–H and O–H groups in total. The number of amides is 1. The van der Waals surface area contributed by atoms with E-state index in [0.717, 1.165) is 5.56 Å². The lowest BCUT2D eigenvalue weighted by atomic mass is 10.1. The molecule has 0 radical (unpaired) electrons. The summed E-state index contributed by atoms with van der Waals surface area (Å²) in [5.41, 5.74) is 1.13. The zero-order valence-electron chi connectivity index (χ0n) is 14.9. The number of hydrogen-bond acceptors (Lipinski definition) is 4. The summed E-state index contributed by atoms with van der Waals surface area (Å²) in [5.74, 6) is 0.0749. The molecule has 1 aliphatic rings. The van der Waals surface area contributed by atoms with Crippen LogP contribution in [-0.4, -0.2) is 59.3 Å². The molecule has 0 spiro atoms. The van der Waals surface area contributed by atoms with E-state index in [1.165, 1.54) is 16.8 Å². The Morgan fingerprint density at radius 2 is 1.88 bits per heavy atom. The molecule has 1 saturated heterocycles. The Hall–Kier alpha value is -2.19. The third kappa shape index (κ3) is 4.31. The lowest BCUT2D eigenvalue weighted by Crippen LogP contribution is -2.37. The molecule has 8 heteroatoms. The van der Waals surface area contributed by atoms with Gasteiger partial charge in [0.05, 0.1) is 6.33 Å². The van der Waals surface area contributed by atoms with Gasteiger partial charge in [-0.3, -0.25) is 4.79 Å². The van der Waals surface area contributed by atoms with Crippen molar-refractivity contribution in [1.82, 2.24) is 18.8 Å². The van der Waals surface area contributed by atoms with Crippen LogP contribution in [-0.2, 0) is 28.3 Å². The molecule has 0 unspecified atom stereocenters. The van der Waals surface area contributed by atoms with Gasteiger partial charge in [-0.15, -0.1) is 0 Å². The van der Waals surface area contributed by atoms with E-state index < -0.39 is 10.0 Å². The molecular formula is C18H24N4O3S. The van der Waals surface area contributed by atoms with Crippen molar-refractivity contribution >= 4 is 15.9 Å². The number of imidazole rings is 1. The summed E-state index contributed by atoms with van der Waals surface area (Å²) in [6, 6.07) is 9.91. The molecule has 3 rings (SSSR count). The van der Waals surface area contributed by atoms with Crippen LogP contribution in [0.4, 0.5) is 0 Å². The van der Waals surface area contributed by atoms with Crippen molar-refractivity contribution in [2.75, 3.05) is 26.2 Å². The zero-order chi connectivity index (χ0) is 18.6. The molecule has 1 aromatic heterocycles. The summed E-state index contributed by atoms with van der Waals surface area (Å²) < 4.78 is 28.4. The maximum Gasteiger partial charge on any atom is 0.262 e. The highest BCUT2D eigenvalue weighted by molar-refractivity contribution is 7.89. The number of aryl methyl sites for hydroxylation is 2.